The van der Waals surface area contributed by atoms with E-state index in [4.69, 9.17) is 0 Å². The van der Waals surface area contributed by atoms with E-state index in [2.05, 4.69) is 10.3 Å². The number of amides is 1. The van der Waals surface area contributed by atoms with Crippen LogP contribution in [0.3, 0.4) is 0 Å². The largest absolute Gasteiger partial charge is 0.755 e. The van der Waals surface area contributed by atoms with Gasteiger partial charge in [0.1, 0.15) is 11.5 Å². The van der Waals surface area contributed by atoms with Gasteiger partial charge in [-0.05, 0) is 49.1 Å². The highest BCUT2D eigenvalue weighted by Crippen LogP contribution is 2.36. The van der Waals surface area contributed by atoms with Gasteiger partial charge in [-0.15, -0.1) is 0 Å². The fraction of sp³-hybridized carbons (Fsp3) is 0.478. The van der Waals surface area contributed by atoms with Crippen LogP contribution >= 0.6 is 0 Å². The molecule has 6 nitrogen and oxygen atoms in total. The minimum absolute atomic E-state index is 0.00138. The molecule has 0 aliphatic heterocycles. The van der Waals surface area contributed by atoms with Gasteiger partial charge in [0.05, 0.1) is 11.6 Å². The van der Waals surface area contributed by atoms with Crippen LogP contribution in [0.2, 0.25) is 0 Å². The standard InChI is InChI=1S/C23H27F4N3O3S/c1-14(16-8-10-19(18(24)12-16)30(2)34(32)33)22(31)28-13-17-9-11-20(23(25,26)27)29-21(17)15-6-4-3-5-7-15/h8-12,14-15H,3-7,13H2,1-2H3,(H,28,31)(H,32,33)/p-1. The summed E-state index contributed by atoms with van der Waals surface area (Å²) in [5, 5.41) is 2.72. The molecule has 2 aromatic rings. The molecule has 1 aliphatic carbocycles. The number of alkyl halides is 3. The van der Waals surface area contributed by atoms with Crippen LogP contribution in [0, 0.1) is 5.82 Å². The van der Waals surface area contributed by atoms with Crippen LogP contribution in [0.4, 0.5) is 23.2 Å². The molecule has 3 rings (SSSR count). The molecule has 1 fully saturated rings. The lowest BCUT2D eigenvalue weighted by atomic mass is 9.84. The molecule has 11 heteroatoms. The van der Waals surface area contributed by atoms with Gasteiger partial charge in [0.2, 0.25) is 5.91 Å². The van der Waals surface area contributed by atoms with Crippen molar-refractivity contribution in [3.63, 3.8) is 0 Å². The van der Waals surface area contributed by atoms with Gasteiger partial charge in [-0.1, -0.05) is 31.4 Å². The van der Waals surface area contributed by atoms with Gasteiger partial charge in [0, 0.05) is 36.5 Å². The van der Waals surface area contributed by atoms with Crippen LogP contribution in [-0.2, 0) is 28.8 Å². The Morgan fingerprint density at radius 2 is 1.91 bits per heavy atom. The molecular weight excluding hydrogens is 474 g/mol. The summed E-state index contributed by atoms with van der Waals surface area (Å²) in [5.41, 5.74) is 0.128. The van der Waals surface area contributed by atoms with Crippen molar-refractivity contribution in [2.24, 2.45) is 0 Å². The zero-order valence-electron chi connectivity index (χ0n) is 18.8. The molecule has 2 atom stereocenters. The molecule has 186 valence electrons. The van der Waals surface area contributed by atoms with Crippen molar-refractivity contribution in [3.8, 4) is 0 Å². The number of rotatable bonds is 7. The smallest absolute Gasteiger partial charge is 0.433 e. The van der Waals surface area contributed by atoms with E-state index >= 15 is 0 Å². The predicted octanol–water partition coefficient (Wildman–Crippen LogP) is 4.94. The second kappa shape index (κ2) is 10.8. The number of nitrogens with zero attached hydrogens (tertiary/aromatic N) is 2. The van der Waals surface area contributed by atoms with Crippen molar-refractivity contribution in [2.75, 3.05) is 11.4 Å². The van der Waals surface area contributed by atoms with Crippen LogP contribution in [0.1, 0.15) is 73.4 Å². The third-order valence-corrected chi connectivity index (χ3v) is 6.82. The summed E-state index contributed by atoms with van der Waals surface area (Å²) in [6, 6.07) is 6.10. The fourth-order valence-electron chi connectivity index (χ4n) is 4.16. The number of pyridine rings is 1. The van der Waals surface area contributed by atoms with E-state index in [1.54, 1.807) is 6.92 Å². The molecule has 2 unspecified atom stereocenters. The molecule has 0 spiro atoms. The number of aromatic nitrogens is 1. The number of hydrogen-bond acceptors (Lipinski definition) is 4. The number of carbonyl (C=O) groups excluding carboxylic acids is 1. The fourth-order valence-corrected chi connectivity index (χ4v) is 4.46. The predicted molar refractivity (Wildman–Crippen MR) is 119 cm³/mol. The minimum Gasteiger partial charge on any atom is -0.755 e. The second-order valence-corrected chi connectivity index (χ2v) is 9.42. The summed E-state index contributed by atoms with van der Waals surface area (Å²) >= 11 is -2.65. The van der Waals surface area contributed by atoms with E-state index in [0.717, 1.165) is 48.5 Å². The van der Waals surface area contributed by atoms with E-state index in [-0.39, 0.29) is 18.2 Å². The maximum Gasteiger partial charge on any atom is 0.433 e. The number of benzene rings is 1. The zero-order valence-corrected chi connectivity index (χ0v) is 19.6. The van der Waals surface area contributed by atoms with Crippen LogP contribution in [-0.4, -0.2) is 26.7 Å². The average molecular weight is 501 g/mol. The van der Waals surface area contributed by atoms with Crippen LogP contribution in [0.15, 0.2) is 30.3 Å². The summed E-state index contributed by atoms with van der Waals surface area (Å²) in [6.07, 6.45) is -0.179. The number of halogens is 4. The Morgan fingerprint density at radius 3 is 2.50 bits per heavy atom. The van der Waals surface area contributed by atoms with Gasteiger partial charge >= 0.3 is 6.18 Å². The molecule has 1 amide bonds. The van der Waals surface area contributed by atoms with Crippen LogP contribution < -0.4 is 9.62 Å². The van der Waals surface area contributed by atoms with Gasteiger partial charge in [0.15, 0.2) is 0 Å². The zero-order chi connectivity index (χ0) is 25.0. The average Bonchev–Trinajstić information content (AvgIpc) is 2.81. The molecule has 34 heavy (non-hydrogen) atoms. The van der Waals surface area contributed by atoms with Crippen molar-refractivity contribution < 1.29 is 31.1 Å². The van der Waals surface area contributed by atoms with Gasteiger partial charge < -0.3 is 14.2 Å². The van der Waals surface area contributed by atoms with Crippen molar-refractivity contribution in [2.45, 2.75) is 63.6 Å². The number of nitrogens with one attached hydrogen (secondary N) is 1. The Bertz CT molecular complexity index is 1060. The molecule has 1 aromatic heterocycles. The van der Waals surface area contributed by atoms with E-state index in [1.165, 1.54) is 25.2 Å². The molecule has 0 saturated heterocycles. The highest BCUT2D eigenvalue weighted by atomic mass is 32.2. The molecule has 1 aliphatic rings. The quantitative estimate of drug-likeness (QED) is 0.431. The Balaban J connectivity index is 1.76. The monoisotopic (exact) mass is 500 g/mol. The first-order valence-corrected chi connectivity index (χ1v) is 12.0. The van der Waals surface area contributed by atoms with Gasteiger partial charge in [-0.3, -0.25) is 9.00 Å². The lowest BCUT2D eigenvalue weighted by molar-refractivity contribution is -0.141. The molecule has 0 radical (unpaired) electrons. The number of carbonyl (C=O) groups is 1. The summed E-state index contributed by atoms with van der Waals surface area (Å²) in [6.45, 7) is 1.56. The Morgan fingerprint density at radius 1 is 1.24 bits per heavy atom. The first-order chi connectivity index (χ1) is 16.0. The van der Waals surface area contributed by atoms with Crippen LogP contribution in [0.25, 0.3) is 0 Å². The third-order valence-electron chi connectivity index (χ3n) is 6.18. The second-order valence-electron chi connectivity index (χ2n) is 8.44. The topological polar surface area (TPSA) is 85.4 Å². The summed E-state index contributed by atoms with van der Waals surface area (Å²) in [7, 11) is 1.19. The summed E-state index contributed by atoms with van der Waals surface area (Å²) in [4.78, 5) is 16.6. The van der Waals surface area contributed by atoms with Crippen molar-refractivity contribution >= 4 is 22.9 Å². The molecule has 0 bridgehead atoms. The maximum atomic E-state index is 14.4. The molecule has 1 saturated carbocycles. The highest BCUT2D eigenvalue weighted by Gasteiger charge is 2.34. The van der Waals surface area contributed by atoms with E-state index < -0.39 is 40.8 Å². The molecule has 1 N–H and O–H groups in total. The van der Waals surface area contributed by atoms with E-state index in [0.29, 0.717) is 16.8 Å². The van der Waals surface area contributed by atoms with Gasteiger partial charge in [-0.25, -0.2) is 9.37 Å². The SMILES string of the molecule is CC(C(=O)NCc1ccc(C(F)(F)F)nc1C1CCCCC1)c1ccc(N(C)S(=O)[O-])c(F)c1. The number of anilines is 1. The molecule has 1 heterocycles. The minimum atomic E-state index is -4.55. The maximum absolute atomic E-state index is 14.4. The van der Waals surface area contributed by atoms with Gasteiger partial charge in [0.25, 0.3) is 0 Å². The lowest BCUT2D eigenvalue weighted by Gasteiger charge is -2.25. The van der Waals surface area contributed by atoms with E-state index in [1.807, 2.05) is 0 Å². The van der Waals surface area contributed by atoms with Crippen molar-refractivity contribution in [1.29, 1.82) is 0 Å². The van der Waals surface area contributed by atoms with Crippen molar-refractivity contribution in [3.05, 3.63) is 58.7 Å². The normalized spacial score (nSPS) is 16.7. The van der Waals surface area contributed by atoms with Gasteiger partial charge in [-0.2, -0.15) is 13.2 Å². The Hall–Kier alpha value is -2.53. The highest BCUT2D eigenvalue weighted by molar-refractivity contribution is 7.80. The van der Waals surface area contributed by atoms with Crippen molar-refractivity contribution in [1.82, 2.24) is 10.3 Å². The summed E-state index contributed by atoms with van der Waals surface area (Å²) in [5.74, 6) is -2.10. The Labute approximate surface area is 198 Å². The first-order valence-electron chi connectivity index (χ1n) is 11.0. The summed E-state index contributed by atoms with van der Waals surface area (Å²) < 4.78 is 76.9. The molecular formula is C23H26F4N3O3S-. The van der Waals surface area contributed by atoms with Crippen LogP contribution in [0.5, 0.6) is 0 Å². The Kier molecular flexibility index (Phi) is 8.29. The first kappa shape index (κ1) is 26.1. The van der Waals surface area contributed by atoms with E-state index in [9.17, 15) is 31.1 Å². The molecule has 1 aromatic carbocycles. The number of hydrogen-bond donors (Lipinski definition) is 1. The third kappa shape index (κ3) is 6.12. The lowest BCUT2D eigenvalue weighted by Crippen LogP contribution is -2.29.